The molecule has 1 aromatic rings. The number of nitrogens with two attached hydrogens (primary N) is 1. The van der Waals surface area contributed by atoms with Gasteiger partial charge in [-0.15, -0.1) is 6.58 Å². The van der Waals surface area contributed by atoms with E-state index in [1.54, 1.807) is 18.3 Å². The molecule has 5 heteroatoms. The molecule has 0 radical (unpaired) electrons. The fourth-order valence-corrected chi connectivity index (χ4v) is 1.54. The number of rotatable bonds is 7. The first-order valence-electron chi connectivity index (χ1n) is 5.77. The monoisotopic (exact) mass is 249 g/mol. The summed E-state index contributed by atoms with van der Waals surface area (Å²) in [7, 11) is 0. The maximum atomic E-state index is 9.62. The summed E-state index contributed by atoms with van der Waals surface area (Å²) >= 11 is 0. The number of ether oxygens (including phenoxy) is 1. The van der Waals surface area contributed by atoms with E-state index in [-0.39, 0.29) is 24.2 Å². The van der Waals surface area contributed by atoms with Crippen molar-refractivity contribution in [2.24, 2.45) is 5.92 Å². The molecule has 1 unspecified atom stereocenters. The number of anilines is 1. The third-order valence-corrected chi connectivity index (χ3v) is 2.23. The molecular formula is C13H19N3O2. The van der Waals surface area contributed by atoms with Crippen LogP contribution in [0, 0.1) is 5.92 Å². The maximum absolute atomic E-state index is 9.62. The van der Waals surface area contributed by atoms with Gasteiger partial charge in [-0.05, 0) is 24.5 Å². The van der Waals surface area contributed by atoms with Gasteiger partial charge in [0.25, 0.3) is 0 Å². The zero-order valence-corrected chi connectivity index (χ0v) is 10.5. The average Bonchev–Trinajstić information content (AvgIpc) is 2.29. The minimum Gasteiger partial charge on any atom is -0.510 e. The molecule has 0 aliphatic rings. The molecule has 0 fully saturated rings. The third-order valence-electron chi connectivity index (χ3n) is 2.23. The molecule has 0 amide bonds. The lowest BCUT2D eigenvalue weighted by Gasteiger charge is -2.07. The Kier molecular flexibility index (Phi) is 5.87. The number of aliphatic hydroxyl groups excluding tert-OH is 1. The summed E-state index contributed by atoms with van der Waals surface area (Å²) in [5.74, 6) is 0.625. The van der Waals surface area contributed by atoms with E-state index >= 15 is 0 Å². The second-order valence-corrected chi connectivity index (χ2v) is 4.05. The molecule has 0 spiro atoms. The van der Waals surface area contributed by atoms with Crippen molar-refractivity contribution in [2.75, 3.05) is 18.9 Å². The first-order valence-corrected chi connectivity index (χ1v) is 5.77. The highest BCUT2D eigenvalue weighted by Gasteiger charge is 2.04. The molecule has 0 saturated heterocycles. The van der Waals surface area contributed by atoms with E-state index < -0.39 is 0 Å². The van der Waals surface area contributed by atoms with Crippen LogP contribution in [0.3, 0.4) is 0 Å². The molecule has 0 saturated carbocycles. The lowest BCUT2D eigenvalue weighted by atomic mass is 10.0. The number of hydrogen-bond donors (Lipinski definition) is 2. The zero-order chi connectivity index (χ0) is 13.4. The Bertz CT molecular complexity index is 418. The van der Waals surface area contributed by atoms with Crippen molar-refractivity contribution in [3.63, 3.8) is 0 Å². The third kappa shape index (κ3) is 5.45. The van der Waals surface area contributed by atoms with Crippen LogP contribution < -0.4 is 5.73 Å². The predicted molar refractivity (Wildman–Crippen MR) is 71.0 cm³/mol. The van der Waals surface area contributed by atoms with Gasteiger partial charge in [-0.1, -0.05) is 13.0 Å². The Hall–Kier alpha value is -1.88. The molecule has 0 aromatic carbocycles. The van der Waals surface area contributed by atoms with Crippen molar-refractivity contribution in [1.82, 2.24) is 9.97 Å². The number of allylic oxidation sites excluding steroid dienone is 1. The van der Waals surface area contributed by atoms with E-state index in [1.165, 1.54) is 0 Å². The largest absolute Gasteiger partial charge is 0.510 e. The van der Waals surface area contributed by atoms with Gasteiger partial charge in [0.05, 0.1) is 6.61 Å². The lowest BCUT2D eigenvalue weighted by Crippen LogP contribution is -2.05. The standard InChI is InChI=1S/C13H19N3O2/c1-3-6-18-9-12(17)8-10(2)7-11-4-5-15-13(14)16-11/h3-5,8,10,17H,1,6-7,9H2,2H3,(H2,14,15,16)/b12-8-. The van der Waals surface area contributed by atoms with Crippen LogP contribution in [0.2, 0.25) is 0 Å². The van der Waals surface area contributed by atoms with Crippen molar-refractivity contribution in [3.8, 4) is 0 Å². The van der Waals surface area contributed by atoms with Crippen molar-refractivity contribution in [1.29, 1.82) is 0 Å². The first-order chi connectivity index (χ1) is 8.61. The van der Waals surface area contributed by atoms with Gasteiger partial charge in [0.1, 0.15) is 12.4 Å². The van der Waals surface area contributed by atoms with Crippen LogP contribution in [-0.4, -0.2) is 28.3 Å². The quantitative estimate of drug-likeness (QED) is 0.438. The molecule has 0 aliphatic carbocycles. The average molecular weight is 249 g/mol. The van der Waals surface area contributed by atoms with E-state index in [9.17, 15) is 5.11 Å². The molecule has 3 N–H and O–H groups in total. The topological polar surface area (TPSA) is 81.3 Å². The van der Waals surface area contributed by atoms with Gasteiger partial charge in [-0.2, -0.15) is 0 Å². The molecule has 1 rings (SSSR count). The van der Waals surface area contributed by atoms with E-state index in [0.717, 1.165) is 5.69 Å². The van der Waals surface area contributed by atoms with Gasteiger partial charge >= 0.3 is 0 Å². The fraction of sp³-hybridized carbons (Fsp3) is 0.385. The summed E-state index contributed by atoms with van der Waals surface area (Å²) in [4.78, 5) is 7.94. The minimum atomic E-state index is 0.145. The summed E-state index contributed by atoms with van der Waals surface area (Å²) in [6, 6.07) is 1.81. The Morgan fingerprint density at radius 1 is 1.67 bits per heavy atom. The van der Waals surface area contributed by atoms with Gasteiger partial charge in [0, 0.05) is 11.9 Å². The van der Waals surface area contributed by atoms with Crippen LogP contribution in [0.15, 0.2) is 36.8 Å². The molecule has 18 heavy (non-hydrogen) atoms. The van der Waals surface area contributed by atoms with Crippen molar-refractivity contribution >= 4 is 5.95 Å². The first kappa shape index (κ1) is 14.2. The molecular weight excluding hydrogens is 230 g/mol. The van der Waals surface area contributed by atoms with Gasteiger partial charge in [-0.3, -0.25) is 0 Å². The number of nitrogens with zero attached hydrogens (tertiary/aromatic N) is 2. The highest BCUT2D eigenvalue weighted by molar-refractivity contribution is 5.18. The zero-order valence-electron chi connectivity index (χ0n) is 10.5. The van der Waals surface area contributed by atoms with E-state index in [1.807, 2.05) is 13.0 Å². The fourth-order valence-electron chi connectivity index (χ4n) is 1.54. The summed E-state index contributed by atoms with van der Waals surface area (Å²) in [5.41, 5.74) is 6.35. The highest BCUT2D eigenvalue weighted by Crippen LogP contribution is 2.09. The maximum Gasteiger partial charge on any atom is 0.220 e. The summed E-state index contributed by atoms with van der Waals surface area (Å²) in [6.45, 7) is 6.14. The summed E-state index contributed by atoms with van der Waals surface area (Å²) < 4.78 is 5.13. The van der Waals surface area contributed by atoms with Crippen LogP contribution in [0.4, 0.5) is 5.95 Å². The summed E-state index contributed by atoms with van der Waals surface area (Å²) in [5, 5.41) is 9.62. The minimum absolute atomic E-state index is 0.145. The highest BCUT2D eigenvalue weighted by atomic mass is 16.5. The Morgan fingerprint density at radius 3 is 3.11 bits per heavy atom. The van der Waals surface area contributed by atoms with Crippen molar-refractivity contribution < 1.29 is 9.84 Å². The number of aliphatic hydroxyl groups is 1. The SMILES string of the molecule is C=CCOC/C(O)=C/C(C)Cc1ccnc(N)n1. The number of nitrogen functional groups attached to an aromatic ring is 1. The van der Waals surface area contributed by atoms with E-state index in [4.69, 9.17) is 10.5 Å². The molecule has 98 valence electrons. The summed E-state index contributed by atoms with van der Waals surface area (Å²) in [6.07, 6.45) is 5.71. The molecule has 1 atom stereocenters. The van der Waals surface area contributed by atoms with Crippen molar-refractivity contribution in [2.45, 2.75) is 13.3 Å². The van der Waals surface area contributed by atoms with E-state index in [0.29, 0.717) is 13.0 Å². The van der Waals surface area contributed by atoms with Crippen molar-refractivity contribution in [3.05, 3.63) is 42.4 Å². The molecule has 5 nitrogen and oxygen atoms in total. The number of aromatic nitrogens is 2. The molecule has 1 aromatic heterocycles. The Labute approximate surface area is 107 Å². The normalized spacial score (nSPS) is 13.3. The van der Waals surface area contributed by atoms with Gasteiger partial charge < -0.3 is 15.6 Å². The van der Waals surface area contributed by atoms with Crippen LogP contribution in [0.1, 0.15) is 12.6 Å². The second-order valence-electron chi connectivity index (χ2n) is 4.05. The van der Waals surface area contributed by atoms with Gasteiger partial charge in [-0.25, -0.2) is 9.97 Å². The van der Waals surface area contributed by atoms with Crippen LogP contribution in [0.25, 0.3) is 0 Å². The Balaban J connectivity index is 2.47. The van der Waals surface area contributed by atoms with Gasteiger partial charge in [0.15, 0.2) is 0 Å². The molecule has 0 aliphatic heterocycles. The lowest BCUT2D eigenvalue weighted by molar-refractivity contribution is 0.151. The smallest absolute Gasteiger partial charge is 0.220 e. The number of hydrogen-bond acceptors (Lipinski definition) is 5. The molecule has 1 heterocycles. The Morgan fingerprint density at radius 2 is 2.44 bits per heavy atom. The van der Waals surface area contributed by atoms with Gasteiger partial charge in [0.2, 0.25) is 5.95 Å². The van der Waals surface area contributed by atoms with E-state index in [2.05, 4.69) is 16.5 Å². The second kappa shape index (κ2) is 7.45. The predicted octanol–water partition coefficient (Wildman–Crippen LogP) is 1.88. The van der Waals surface area contributed by atoms with Crippen LogP contribution in [0.5, 0.6) is 0 Å². The molecule has 0 bridgehead atoms. The van der Waals surface area contributed by atoms with Crippen LogP contribution in [-0.2, 0) is 11.2 Å². The van der Waals surface area contributed by atoms with Crippen LogP contribution >= 0.6 is 0 Å².